The van der Waals surface area contributed by atoms with Crippen molar-refractivity contribution in [3.05, 3.63) is 65.2 Å². The van der Waals surface area contributed by atoms with Gasteiger partial charge in [-0.1, -0.05) is 50.2 Å². The minimum Gasteiger partial charge on any atom is -0.379 e. The highest BCUT2D eigenvalue weighted by Crippen LogP contribution is 2.20. The molecule has 0 heterocycles. The number of aryl methyl sites for hydroxylation is 2. The zero-order valence-corrected chi connectivity index (χ0v) is 12.1. The maximum atomic E-state index is 3.55. The molecule has 1 N–H and O–H groups in total. The summed E-state index contributed by atoms with van der Waals surface area (Å²) in [6.07, 6.45) is 2.19. The lowest BCUT2D eigenvalue weighted by Gasteiger charge is -2.16. The van der Waals surface area contributed by atoms with E-state index in [2.05, 4.69) is 74.6 Å². The van der Waals surface area contributed by atoms with Gasteiger partial charge < -0.3 is 5.32 Å². The fourth-order valence-electron chi connectivity index (χ4n) is 2.21. The number of hydrogen-bond acceptors (Lipinski definition) is 1. The first-order valence-electron chi connectivity index (χ1n) is 7.17. The molecule has 0 amide bonds. The molecule has 2 aromatic carbocycles. The van der Waals surface area contributed by atoms with Crippen molar-refractivity contribution in [2.45, 2.75) is 39.7 Å². The summed E-state index contributed by atoms with van der Waals surface area (Å²) in [5.74, 6) is 0. The predicted octanol–water partition coefficient (Wildman–Crippen LogP) is 4.98. The molecule has 0 fully saturated rings. The molecule has 2 rings (SSSR count). The fraction of sp³-hybridized carbons (Fsp3) is 0.333. The lowest BCUT2D eigenvalue weighted by Crippen LogP contribution is -2.06. The zero-order chi connectivity index (χ0) is 13.7. The van der Waals surface area contributed by atoms with Gasteiger partial charge in [-0.15, -0.1) is 0 Å². The summed E-state index contributed by atoms with van der Waals surface area (Å²) in [5.41, 5.74) is 5.29. The van der Waals surface area contributed by atoms with Gasteiger partial charge in [-0.3, -0.25) is 0 Å². The lowest BCUT2D eigenvalue weighted by atomic mass is 10.0. The summed E-state index contributed by atoms with van der Waals surface area (Å²) < 4.78 is 0. The monoisotopic (exact) mass is 253 g/mol. The number of benzene rings is 2. The summed E-state index contributed by atoms with van der Waals surface area (Å²) in [5, 5.41) is 3.55. The Bertz CT molecular complexity index is 496. The van der Waals surface area contributed by atoms with E-state index < -0.39 is 0 Å². The Morgan fingerprint density at radius 3 is 1.74 bits per heavy atom. The quantitative estimate of drug-likeness (QED) is 0.792. The van der Waals surface area contributed by atoms with E-state index in [0.29, 0.717) is 6.04 Å². The molecule has 0 aliphatic rings. The molecule has 1 atom stereocenters. The summed E-state index contributed by atoms with van der Waals surface area (Å²) in [7, 11) is 0. The second-order valence-electron chi connectivity index (χ2n) is 5.01. The molecule has 0 aliphatic carbocycles. The van der Waals surface area contributed by atoms with Crippen molar-refractivity contribution >= 4 is 5.69 Å². The van der Waals surface area contributed by atoms with Crippen LogP contribution in [-0.2, 0) is 12.8 Å². The van der Waals surface area contributed by atoms with Crippen LogP contribution in [0.2, 0.25) is 0 Å². The molecule has 0 aromatic heterocycles. The standard InChI is InChI=1S/C18H23N/c1-4-15-6-10-17(11-7-15)14(3)19-18-12-8-16(5-2)9-13-18/h6-14,19H,4-5H2,1-3H3. The van der Waals surface area contributed by atoms with Crippen LogP contribution in [-0.4, -0.2) is 0 Å². The number of anilines is 1. The second kappa shape index (κ2) is 6.42. The van der Waals surface area contributed by atoms with Crippen LogP contribution in [0.4, 0.5) is 5.69 Å². The molecule has 19 heavy (non-hydrogen) atoms. The normalized spacial score (nSPS) is 12.2. The average molecular weight is 253 g/mol. The van der Waals surface area contributed by atoms with Crippen LogP contribution in [0.5, 0.6) is 0 Å². The van der Waals surface area contributed by atoms with Crippen molar-refractivity contribution < 1.29 is 0 Å². The first kappa shape index (κ1) is 13.7. The van der Waals surface area contributed by atoms with Crippen molar-refractivity contribution in [1.82, 2.24) is 0 Å². The fourth-order valence-corrected chi connectivity index (χ4v) is 2.21. The van der Waals surface area contributed by atoms with Crippen LogP contribution in [0, 0.1) is 0 Å². The average Bonchev–Trinajstić information content (AvgIpc) is 2.48. The van der Waals surface area contributed by atoms with Crippen LogP contribution in [0.3, 0.4) is 0 Å². The SMILES string of the molecule is CCc1ccc(NC(C)c2ccc(CC)cc2)cc1. The van der Waals surface area contributed by atoms with Crippen molar-refractivity contribution in [2.24, 2.45) is 0 Å². The van der Waals surface area contributed by atoms with Crippen molar-refractivity contribution in [3.8, 4) is 0 Å². The third-order valence-corrected chi connectivity index (χ3v) is 3.63. The van der Waals surface area contributed by atoms with Gasteiger partial charge in [-0.2, -0.15) is 0 Å². The highest BCUT2D eigenvalue weighted by atomic mass is 14.9. The van der Waals surface area contributed by atoms with E-state index in [-0.39, 0.29) is 0 Å². The van der Waals surface area contributed by atoms with E-state index in [1.54, 1.807) is 0 Å². The molecule has 0 saturated carbocycles. The minimum atomic E-state index is 0.332. The van der Waals surface area contributed by atoms with Crippen LogP contribution in [0.25, 0.3) is 0 Å². The second-order valence-corrected chi connectivity index (χ2v) is 5.01. The maximum absolute atomic E-state index is 3.55. The van der Waals surface area contributed by atoms with E-state index in [1.807, 2.05) is 0 Å². The van der Waals surface area contributed by atoms with Crippen LogP contribution >= 0.6 is 0 Å². The number of rotatable bonds is 5. The third-order valence-electron chi connectivity index (χ3n) is 3.63. The Balaban J connectivity index is 2.04. The molecule has 2 aromatic rings. The molecule has 1 heteroatoms. The third kappa shape index (κ3) is 3.60. The van der Waals surface area contributed by atoms with E-state index >= 15 is 0 Å². The largest absolute Gasteiger partial charge is 0.379 e. The van der Waals surface area contributed by atoms with Crippen LogP contribution < -0.4 is 5.32 Å². The summed E-state index contributed by atoms with van der Waals surface area (Å²) in [6, 6.07) is 17.9. The highest BCUT2D eigenvalue weighted by molar-refractivity contribution is 5.46. The van der Waals surface area contributed by atoms with Gasteiger partial charge in [-0.05, 0) is 48.6 Å². The van der Waals surface area contributed by atoms with Gasteiger partial charge in [0, 0.05) is 11.7 Å². The Hall–Kier alpha value is -1.76. The van der Waals surface area contributed by atoms with Gasteiger partial charge in [0.15, 0.2) is 0 Å². The number of hydrogen-bond donors (Lipinski definition) is 1. The first-order valence-corrected chi connectivity index (χ1v) is 7.17. The maximum Gasteiger partial charge on any atom is 0.0485 e. The van der Waals surface area contributed by atoms with E-state index in [9.17, 15) is 0 Å². The van der Waals surface area contributed by atoms with Crippen LogP contribution in [0.15, 0.2) is 48.5 Å². The van der Waals surface area contributed by atoms with Crippen molar-refractivity contribution in [2.75, 3.05) is 5.32 Å². The summed E-state index contributed by atoms with van der Waals surface area (Å²) >= 11 is 0. The van der Waals surface area contributed by atoms with E-state index in [0.717, 1.165) is 12.8 Å². The van der Waals surface area contributed by atoms with Gasteiger partial charge in [-0.25, -0.2) is 0 Å². The highest BCUT2D eigenvalue weighted by Gasteiger charge is 2.05. The van der Waals surface area contributed by atoms with Crippen molar-refractivity contribution in [3.63, 3.8) is 0 Å². The minimum absolute atomic E-state index is 0.332. The van der Waals surface area contributed by atoms with Gasteiger partial charge in [0.05, 0.1) is 0 Å². The number of nitrogens with one attached hydrogen (secondary N) is 1. The Morgan fingerprint density at radius 2 is 1.26 bits per heavy atom. The van der Waals surface area contributed by atoms with Crippen LogP contribution in [0.1, 0.15) is 43.5 Å². The van der Waals surface area contributed by atoms with Crippen molar-refractivity contribution in [1.29, 1.82) is 0 Å². The summed E-state index contributed by atoms with van der Waals surface area (Å²) in [4.78, 5) is 0. The van der Waals surface area contributed by atoms with Gasteiger partial charge >= 0.3 is 0 Å². The molecular weight excluding hydrogens is 230 g/mol. The van der Waals surface area contributed by atoms with Gasteiger partial charge in [0.25, 0.3) is 0 Å². The summed E-state index contributed by atoms with van der Waals surface area (Å²) in [6.45, 7) is 6.57. The molecule has 0 saturated heterocycles. The molecule has 1 unspecified atom stereocenters. The molecule has 0 radical (unpaired) electrons. The Kier molecular flexibility index (Phi) is 4.62. The van der Waals surface area contributed by atoms with Gasteiger partial charge in [0.2, 0.25) is 0 Å². The Morgan fingerprint density at radius 1 is 0.789 bits per heavy atom. The first-order chi connectivity index (χ1) is 9.22. The lowest BCUT2D eigenvalue weighted by molar-refractivity contribution is 0.882. The molecule has 1 nitrogen and oxygen atoms in total. The van der Waals surface area contributed by atoms with E-state index in [4.69, 9.17) is 0 Å². The topological polar surface area (TPSA) is 12.0 Å². The molecule has 0 aliphatic heterocycles. The molecular formula is C18H23N. The Labute approximate surface area is 116 Å². The zero-order valence-electron chi connectivity index (χ0n) is 12.1. The molecule has 0 bridgehead atoms. The van der Waals surface area contributed by atoms with E-state index in [1.165, 1.54) is 22.4 Å². The predicted molar refractivity (Wildman–Crippen MR) is 83.7 cm³/mol. The van der Waals surface area contributed by atoms with Gasteiger partial charge in [0.1, 0.15) is 0 Å². The molecule has 0 spiro atoms. The molecule has 100 valence electrons. The smallest absolute Gasteiger partial charge is 0.0485 e.